The van der Waals surface area contributed by atoms with Crippen LogP contribution in [-0.2, 0) is 0 Å². The van der Waals surface area contributed by atoms with E-state index in [-0.39, 0.29) is 11.3 Å². The predicted octanol–water partition coefficient (Wildman–Crippen LogP) is 2.13. The van der Waals surface area contributed by atoms with Crippen molar-refractivity contribution < 1.29 is 9.72 Å². The Morgan fingerprint density at radius 3 is 2.80 bits per heavy atom. The van der Waals surface area contributed by atoms with Gasteiger partial charge in [0.15, 0.2) is 0 Å². The maximum atomic E-state index is 12.0. The molecule has 0 radical (unpaired) electrons. The summed E-state index contributed by atoms with van der Waals surface area (Å²) >= 11 is 0. The van der Waals surface area contributed by atoms with Crippen LogP contribution in [0.1, 0.15) is 15.9 Å². The highest BCUT2D eigenvalue weighted by molar-refractivity contribution is 6.07. The van der Waals surface area contributed by atoms with Crippen molar-refractivity contribution in [2.75, 3.05) is 11.1 Å². The smallest absolute Gasteiger partial charge is 0.274 e. The summed E-state index contributed by atoms with van der Waals surface area (Å²) in [6.45, 7) is 1.63. The number of benzene rings is 1. The molecule has 3 N–H and O–H groups in total. The Balaban J connectivity index is 2.27. The monoisotopic (exact) mass is 272 g/mol. The summed E-state index contributed by atoms with van der Waals surface area (Å²) in [6.07, 6.45) is 2.82. The fraction of sp³-hybridized carbons (Fsp3) is 0.0769. The average molecular weight is 272 g/mol. The van der Waals surface area contributed by atoms with Gasteiger partial charge in [0.05, 0.1) is 10.5 Å². The van der Waals surface area contributed by atoms with Crippen LogP contribution in [0.3, 0.4) is 0 Å². The van der Waals surface area contributed by atoms with E-state index in [0.29, 0.717) is 16.9 Å². The number of aryl methyl sites for hydroxylation is 1. The Hall–Kier alpha value is -2.96. The second-order valence-electron chi connectivity index (χ2n) is 4.18. The normalized spacial score (nSPS) is 10.1. The van der Waals surface area contributed by atoms with Crippen molar-refractivity contribution in [1.82, 2.24) is 4.98 Å². The van der Waals surface area contributed by atoms with Gasteiger partial charge in [0.1, 0.15) is 0 Å². The number of carbonyl (C=O) groups excluding carboxylic acids is 1. The lowest BCUT2D eigenvalue weighted by Gasteiger charge is -2.07. The third-order valence-corrected chi connectivity index (χ3v) is 2.76. The number of nitro groups is 1. The number of rotatable bonds is 3. The minimum atomic E-state index is -0.497. The van der Waals surface area contributed by atoms with E-state index in [0.717, 1.165) is 0 Å². The summed E-state index contributed by atoms with van der Waals surface area (Å²) in [5.74, 6) is -0.464. The van der Waals surface area contributed by atoms with Crippen LogP contribution in [-0.4, -0.2) is 15.8 Å². The van der Waals surface area contributed by atoms with Gasteiger partial charge in [0.25, 0.3) is 11.6 Å². The number of nitro benzene ring substituents is 1. The van der Waals surface area contributed by atoms with E-state index in [4.69, 9.17) is 5.73 Å². The minimum Gasteiger partial charge on any atom is -0.398 e. The molecule has 0 bridgehead atoms. The summed E-state index contributed by atoms with van der Waals surface area (Å²) in [6, 6.07) is 5.97. The zero-order valence-corrected chi connectivity index (χ0v) is 10.7. The molecule has 0 aliphatic heterocycles. The molecule has 1 aromatic heterocycles. The molecule has 7 nitrogen and oxygen atoms in total. The summed E-state index contributed by atoms with van der Waals surface area (Å²) < 4.78 is 0. The number of aromatic nitrogens is 1. The van der Waals surface area contributed by atoms with Crippen molar-refractivity contribution in [2.45, 2.75) is 6.92 Å². The number of anilines is 2. The molecule has 0 aliphatic rings. The second kappa shape index (κ2) is 5.35. The predicted molar refractivity (Wildman–Crippen MR) is 74.4 cm³/mol. The highest BCUT2D eigenvalue weighted by Crippen LogP contribution is 2.23. The summed E-state index contributed by atoms with van der Waals surface area (Å²) in [4.78, 5) is 26.2. The van der Waals surface area contributed by atoms with Gasteiger partial charge in [-0.3, -0.25) is 19.9 Å². The number of nitrogen functional groups attached to an aromatic ring is 1. The Morgan fingerprint density at radius 1 is 1.40 bits per heavy atom. The molecular weight excluding hydrogens is 260 g/mol. The van der Waals surface area contributed by atoms with E-state index < -0.39 is 10.8 Å². The highest BCUT2D eigenvalue weighted by atomic mass is 16.6. The molecule has 0 spiro atoms. The molecule has 1 heterocycles. The zero-order valence-electron chi connectivity index (χ0n) is 10.7. The Bertz CT molecular complexity index is 685. The molecule has 1 aromatic carbocycles. The van der Waals surface area contributed by atoms with Crippen LogP contribution < -0.4 is 11.1 Å². The quantitative estimate of drug-likeness (QED) is 0.656. The van der Waals surface area contributed by atoms with Gasteiger partial charge in [0.2, 0.25) is 0 Å². The van der Waals surface area contributed by atoms with E-state index in [1.165, 1.54) is 24.5 Å². The van der Waals surface area contributed by atoms with E-state index in [1.54, 1.807) is 19.1 Å². The molecule has 1 amide bonds. The minimum absolute atomic E-state index is 0.0537. The van der Waals surface area contributed by atoms with Gasteiger partial charge in [-0.15, -0.1) is 0 Å². The molecule has 2 aromatic rings. The van der Waals surface area contributed by atoms with Crippen LogP contribution in [0.4, 0.5) is 17.1 Å². The molecule has 0 fully saturated rings. The molecule has 2 rings (SSSR count). The Morgan fingerprint density at radius 2 is 2.15 bits per heavy atom. The van der Waals surface area contributed by atoms with Crippen molar-refractivity contribution in [3.05, 3.63) is 57.9 Å². The van der Waals surface area contributed by atoms with Crippen molar-refractivity contribution in [1.29, 1.82) is 0 Å². The van der Waals surface area contributed by atoms with Crippen LogP contribution in [0.25, 0.3) is 0 Å². The molecular formula is C13H12N4O3. The molecule has 0 saturated heterocycles. The SMILES string of the molecule is Cc1ccc(NC(=O)c2cnccc2N)cc1[N+](=O)[O-]. The van der Waals surface area contributed by atoms with Crippen molar-refractivity contribution in [3.8, 4) is 0 Å². The third kappa shape index (κ3) is 2.72. The van der Waals surface area contributed by atoms with E-state index in [9.17, 15) is 14.9 Å². The molecule has 0 aliphatic carbocycles. The van der Waals surface area contributed by atoms with E-state index >= 15 is 0 Å². The van der Waals surface area contributed by atoms with Crippen LogP contribution >= 0.6 is 0 Å². The first-order chi connectivity index (χ1) is 9.49. The van der Waals surface area contributed by atoms with Gasteiger partial charge >= 0.3 is 0 Å². The number of hydrogen-bond acceptors (Lipinski definition) is 5. The topological polar surface area (TPSA) is 111 Å². The fourth-order valence-corrected chi connectivity index (χ4v) is 1.68. The maximum absolute atomic E-state index is 12.0. The van der Waals surface area contributed by atoms with Crippen molar-refractivity contribution >= 4 is 23.0 Å². The maximum Gasteiger partial charge on any atom is 0.274 e. The molecule has 7 heteroatoms. The number of nitrogens with one attached hydrogen (secondary N) is 1. The van der Waals surface area contributed by atoms with Gasteiger partial charge in [-0.1, -0.05) is 6.07 Å². The molecule has 0 saturated carbocycles. The van der Waals surface area contributed by atoms with Gasteiger partial charge in [-0.05, 0) is 19.1 Å². The van der Waals surface area contributed by atoms with Gasteiger partial charge in [-0.25, -0.2) is 0 Å². The second-order valence-corrected chi connectivity index (χ2v) is 4.18. The average Bonchev–Trinajstić information content (AvgIpc) is 2.41. The largest absolute Gasteiger partial charge is 0.398 e. The van der Waals surface area contributed by atoms with Gasteiger partial charge < -0.3 is 11.1 Å². The van der Waals surface area contributed by atoms with Crippen LogP contribution in [0.15, 0.2) is 36.7 Å². The van der Waals surface area contributed by atoms with Crippen LogP contribution in [0.2, 0.25) is 0 Å². The number of amides is 1. The number of carbonyl (C=O) groups is 1. The van der Waals surface area contributed by atoms with E-state index in [2.05, 4.69) is 10.3 Å². The first-order valence-electron chi connectivity index (χ1n) is 5.75. The zero-order chi connectivity index (χ0) is 14.7. The highest BCUT2D eigenvalue weighted by Gasteiger charge is 2.14. The Labute approximate surface area is 114 Å². The van der Waals surface area contributed by atoms with Crippen molar-refractivity contribution in [3.63, 3.8) is 0 Å². The molecule has 20 heavy (non-hydrogen) atoms. The lowest BCUT2D eigenvalue weighted by Crippen LogP contribution is -2.14. The molecule has 0 unspecified atom stereocenters. The summed E-state index contributed by atoms with van der Waals surface area (Å²) in [7, 11) is 0. The van der Waals surface area contributed by atoms with Gasteiger partial charge in [-0.2, -0.15) is 0 Å². The lowest BCUT2D eigenvalue weighted by atomic mass is 10.1. The third-order valence-electron chi connectivity index (χ3n) is 2.76. The molecule has 0 atom stereocenters. The summed E-state index contributed by atoms with van der Waals surface area (Å²) in [5, 5.41) is 13.4. The number of pyridine rings is 1. The van der Waals surface area contributed by atoms with E-state index in [1.807, 2.05) is 0 Å². The van der Waals surface area contributed by atoms with Crippen LogP contribution in [0, 0.1) is 17.0 Å². The fourth-order valence-electron chi connectivity index (χ4n) is 1.68. The standard InChI is InChI=1S/C13H12N4O3/c1-8-2-3-9(6-12(8)17(19)20)16-13(18)10-7-15-5-4-11(10)14/h2-7H,1H3,(H2,14,15)(H,16,18). The van der Waals surface area contributed by atoms with Crippen molar-refractivity contribution in [2.24, 2.45) is 0 Å². The first-order valence-corrected chi connectivity index (χ1v) is 5.75. The lowest BCUT2D eigenvalue weighted by molar-refractivity contribution is -0.385. The Kier molecular flexibility index (Phi) is 3.60. The van der Waals surface area contributed by atoms with Crippen LogP contribution in [0.5, 0.6) is 0 Å². The summed E-state index contributed by atoms with van der Waals surface area (Å²) in [5.41, 5.74) is 6.98. The molecule has 102 valence electrons. The number of hydrogen-bond donors (Lipinski definition) is 2. The number of nitrogens with two attached hydrogens (primary N) is 1. The van der Waals surface area contributed by atoms with Gasteiger partial charge in [0, 0.05) is 35.4 Å². The first kappa shape index (κ1) is 13.5. The number of nitrogens with zero attached hydrogens (tertiary/aromatic N) is 2.